The van der Waals surface area contributed by atoms with Crippen molar-refractivity contribution in [3.8, 4) is 5.75 Å². The third kappa shape index (κ3) is 7.38. The zero-order chi connectivity index (χ0) is 22.6. The van der Waals surface area contributed by atoms with E-state index in [0.717, 1.165) is 82.6 Å². The van der Waals surface area contributed by atoms with Crippen LogP contribution in [0.5, 0.6) is 5.75 Å². The molecule has 1 aromatic carbocycles. The van der Waals surface area contributed by atoms with E-state index in [-0.39, 0.29) is 11.9 Å². The van der Waals surface area contributed by atoms with E-state index in [0.29, 0.717) is 19.8 Å². The largest absolute Gasteiger partial charge is 0.492 e. The minimum absolute atomic E-state index is 0.00494. The maximum Gasteiger partial charge on any atom is 0.309 e. The van der Waals surface area contributed by atoms with Crippen LogP contribution in [0.1, 0.15) is 32.3 Å². The number of rotatable bonds is 9. The van der Waals surface area contributed by atoms with Crippen molar-refractivity contribution in [2.75, 3.05) is 65.7 Å². The van der Waals surface area contributed by atoms with Crippen LogP contribution in [0, 0.1) is 5.92 Å². The van der Waals surface area contributed by atoms with Crippen LogP contribution in [-0.2, 0) is 20.8 Å². The number of aliphatic imine (C=N–C) groups is 1. The van der Waals surface area contributed by atoms with Crippen LogP contribution in [0.25, 0.3) is 0 Å². The number of ether oxygens (including phenoxy) is 3. The molecule has 0 aliphatic carbocycles. The van der Waals surface area contributed by atoms with Gasteiger partial charge in [0.25, 0.3) is 0 Å². The van der Waals surface area contributed by atoms with Gasteiger partial charge in [-0.2, -0.15) is 0 Å². The van der Waals surface area contributed by atoms with Crippen molar-refractivity contribution in [3.05, 3.63) is 29.8 Å². The number of carbonyl (C=O) groups is 1. The van der Waals surface area contributed by atoms with Crippen molar-refractivity contribution in [2.24, 2.45) is 10.9 Å². The minimum Gasteiger partial charge on any atom is -0.492 e. The van der Waals surface area contributed by atoms with Crippen LogP contribution in [0.15, 0.2) is 29.3 Å². The summed E-state index contributed by atoms with van der Waals surface area (Å²) in [6, 6.07) is 8.12. The highest BCUT2D eigenvalue weighted by atomic mass is 16.5. The molecular weight excluding hydrogens is 408 g/mol. The molecule has 0 aromatic heterocycles. The summed E-state index contributed by atoms with van der Waals surface area (Å²) in [5.74, 6) is 1.70. The fourth-order valence-corrected chi connectivity index (χ4v) is 4.06. The molecule has 0 atom stereocenters. The van der Waals surface area contributed by atoms with Gasteiger partial charge in [-0.05, 0) is 32.8 Å². The molecule has 0 saturated carbocycles. The normalized spacial score (nSPS) is 18.4. The molecule has 2 aliphatic heterocycles. The average molecular weight is 447 g/mol. The second kappa shape index (κ2) is 13.3. The molecule has 0 amide bonds. The van der Waals surface area contributed by atoms with E-state index in [1.54, 1.807) is 0 Å². The molecule has 3 rings (SSSR count). The van der Waals surface area contributed by atoms with Gasteiger partial charge in [-0.25, -0.2) is 4.99 Å². The summed E-state index contributed by atoms with van der Waals surface area (Å²) < 4.78 is 16.7. The van der Waals surface area contributed by atoms with Gasteiger partial charge in [0.05, 0.1) is 32.3 Å². The van der Waals surface area contributed by atoms with Crippen molar-refractivity contribution < 1.29 is 19.0 Å². The highest BCUT2D eigenvalue weighted by Crippen LogP contribution is 2.21. The predicted octanol–water partition coefficient (Wildman–Crippen LogP) is 2.14. The molecule has 2 saturated heterocycles. The molecule has 2 heterocycles. The smallest absolute Gasteiger partial charge is 0.309 e. The summed E-state index contributed by atoms with van der Waals surface area (Å²) in [7, 11) is 0. The molecule has 0 unspecified atom stereocenters. The fraction of sp³-hybridized carbons (Fsp3) is 0.667. The Morgan fingerprint density at radius 3 is 2.62 bits per heavy atom. The third-order valence-electron chi connectivity index (χ3n) is 5.89. The number of guanidine groups is 1. The number of esters is 1. The number of hydrogen-bond donors (Lipinski definition) is 1. The molecule has 1 aromatic rings. The Morgan fingerprint density at radius 2 is 1.91 bits per heavy atom. The standard InChI is InChI=1S/C24H38N4O4/c1-3-25-24(28-11-9-20(10-12-28)23(29)31-4-2)26-19-21-7-5-6-8-22(21)32-18-15-27-13-16-30-17-14-27/h5-8,20H,3-4,9-19H2,1-2H3,(H,25,26). The van der Waals surface area contributed by atoms with Gasteiger partial charge in [-0.15, -0.1) is 0 Å². The van der Waals surface area contributed by atoms with Crippen molar-refractivity contribution >= 4 is 11.9 Å². The third-order valence-corrected chi connectivity index (χ3v) is 5.89. The van der Waals surface area contributed by atoms with Crippen molar-refractivity contribution in [1.29, 1.82) is 0 Å². The van der Waals surface area contributed by atoms with Gasteiger partial charge in [0.2, 0.25) is 0 Å². The van der Waals surface area contributed by atoms with Gasteiger partial charge in [0.1, 0.15) is 12.4 Å². The van der Waals surface area contributed by atoms with E-state index >= 15 is 0 Å². The number of nitrogens with zero attached hydrogens (tertiary/aromatic N) is 3. The van der Waals surface area contributed by atoms with Gasteiger partial charge in [0.15, 0.2) is 5.96 Å². The maximum atomic E-state index is 12.0. The van der Waals surface area contributed by atoms with Crippen LogP contribution in [0.3, 0.4) is 0 Å². The van der Waals surface area contributed by atoms with Crippen molar-refractivity contribution in [2.45, 2.75) is 33.2 Å². The Hall–Kier alpha value is -2.32. The second-order valence-electron chi connectivity index (χ2n) is 8.09. The topological polar surface area (TPSA) is 75.6 Å². The number of morpholine rings is 1. The lowest BCUT2D eigenvalue weighted by molar-refractivity contribution is -0.149. The van der Waals surface area contributed by atoms with E-state index in [9.17, 15) is 4.79 Å². The molecule has 2 aliphatic rings. The molecular formula is C24H38N4O4. The van der Waals surface area contributed by atoms with Crippen molar-refractivity contribution in [3.63, 3.8) is 0 Å². The lowest BCUT2D eigenvalue weighted by Crippen LogP contribution is -2.46. The molecule has 8 nitrogen and oxygen atoms in total. The summed E-state index contributed by atoms with van der Waals surface area (Å²) in [5, 5.41) is 3.40. The van der Waals surface area contributed by atoms with E-state index in [1.807, 2.05) is 25.1 Å². The average Bonchev–Trinajstić information content (AvgIpc) is 2.83. The number of carbonyl (C=O) groups excluding carboxylic acids is 1. The van der Waals surface area contributed by atoms with Crippen molar-refractivity contribution in [1.82, 2.24) is 15.1 Å². The molecule has 32 heavy (non-hydrogen) atoms. The maximum absolute atomic E-state index is 12.0. The number of hydrogen-bond acceptors (Lipinski definition) is 6. The van der Waals surface area contributed by atoms with E-state index in [4.69, 9.17) is 19.2 Å². The highest BCUT2D eigenvalue weighted by molar-refractivity contribution is 5.80. The lowest BCUT2D eigenvalue weighted by Gasteiger charge is -2.33. The Morgan fingerprint density at radius 1 is 1.16 bits per heavy atom. The Kier molecular flexibility index (Phi) is 10.1. The highest BCUT2D eigenvalue weighted by Gasteiger charge is 2.27. The first kappa shape index (κ1) is 24.3. The molecule has 0 radical (unpaired) electrons. The van der Waals surface area contributed by atoms with Gasteiger partial charge in [-0.1, -0.05) is 18.2 Å². The SMILES string of the molecule is CCNC(=NCc1ccccc1OCCN1CCOCC1)N1CCC(C(=O)OCC)CC1. The summed E-state index contributed by atoms with van der Waals surface area (Å²) in [4.78, 5) is 21.5. The lowest BCUT2D eigenvalue weighted by atomic mass is 9.97. The number of nitrogens with one attached hydrogen (secondary N) is 1. The molecule has 0 spiro atoms. The van der Waals surface area contributed by atoms with Gasteiger partial charge in [-0.3, -0.25) is 9.69 Å². The predicted molar refractivity (Wildman–Crippen MR) is 125 cm³/mol. The van der Waals surface area contributed by atoms with Crippen LogP contribution in [-0.4, -0.2) is 87.4 Å². The first-order chi connectivity index (χ1) is 15.7. The van der Waals surface area contributed by atoms with E-state index in [2.05, 4.69) is 28.1 Å². The number of benzene rings is 1. The number of para-hydroxylation sites is 1. The first-order valence-corrected chi connectivity index (χ1v) is 11.9. The summed E-state index contributed by atoms with van der Waals surface area (Å²) in [6.45, 7) is 12.4. The minimum atomic E-state index is -0.0720. The molecule has 1 N–H and O–H groups in total. The summed E-state index contributed by atoms with van der Waals surface area (Å²) in [5.41, 5.74) is 1.08. The van der Waals surface area contributed by atoms with E-state index in [1.165, 1.54) is 0 Å². The Balaban J connectivity index is 1.55. The number of likely N-dealkylation sites (tertiary alicyclic amines) is 1. The molecule has 0 bridgehead atoms. The molecule has 2 fully saturated rings. The fourth-order valence-electron chi connectivity index (χ4n) is 4.06. The zero-order valence-electron chi connectivity index (χ0n) is 19.6. The van der Waals surface area contributed by atoms with Gasteiger partial charge in [0, 0.05) is 44.8 Å². The number of piperidine rings is 1. The first-order valence-electron chi connectivity index (χ1n) is 11.9. The molecule has 178 valence electrons. The summed E-state index contributed by atoms with van der Waals surface area (Å²) in [6.07, 6.45) is 1.59. The Bertz CT molecular complexity index is 728. The van der Waals surface area contributed by atoms with Crippen LogP contribution in [0.4, 0.5) is 0 Å². The van der Waals surface area contributed by atoms with Gasteiger partial charge >= 0.3 is 5.97 Å². The van der Waals surface area contributed by atoms with Crippen LogP contribution >= 0.6 is 0 Å². The summed E-state index contributed by atoms with van der Waals surface area (Å²) >= 11 is 0. The Labute approximate surface area is 191 Å². The monoisotopic (exact) mass is 446 g/mol. The van der Waals surface area contributed by atoms with E-state index < -0.39 is 0 Å². The molecule has 8 heteroatoms. The second-order valence-corrected chi connectivity index (χ2v) is 8.09. The van der Waals surface area contributed by atoms with Gasteiger partial charge < -0.3 is 24.4 Å². The van der Waals surface area contributed by atoms with Crippen LogP contribution in [0.2, 0.25) is 0 Å². The quantitative estimate of drug-likeness (QED) is 0.354. The van der Waals surface area contributed by atoms with Crippen LogP contribution < -0.4 is 10.1 Å². The zero-order valence-corrected chi connectivity index (χ0v) is 19.6.